The number of aromatic nitrogens is 1. The van der Waals surface area contributed by atoms with Crippen molar-refractivity contribution in [3.8, 4) is 10.6 Å². The highest BCUT2D eigenvalue weighted by Gasteiger charge is 2.22. The predicted molar refractivity (Wildman–Crippen MR) is 78.4 cm³/mol. The molecule has 2 aromatic rings. The quantitative estimate of drug-likeness (QED) is 0.941. The minimum Gasteiger partial charge on any atom is -0.368 e. The van der Waals surface area contributed by atoms with E-state index < -0.39 is 0 Å². The van der Waals surface area contributed by atoms with Gasteiger partial charge in [0.1, 0.15) is 6.10 Å². The van der Waals surface area contributed by atoms with Crippen LogP contribution >= 0.6 is 11.3 Å². The number of pyridine rings is 1. The predicted octanol–water partition coefficient (Wildman–Crippen LogP) is 2.61. The number of ether oxygens (including phenoxy) is 1. The van der Waals surface area contributed by atoms with Crippen molar-refractivity contribution in [3.05, 3.63) is 41.4 Å². The third-order valence-electron chi connectivity index (χ3n) is 3.29. The molecule has 1 amide bonds. The Morgan fingerprint density at radius 2 is 2.45 bits per heavy atom. The van der Waals surface area contributed by atoms with Crippen LogP contribution < -0.4 is 5.32 Å². The van der Waals surface area contributed by atoms with Crippen LogP contribution in [-0.4, -0.2) is 23.6 Å². The number of hydrogen-bond donors (Lipinski definition) is 1. The van der Waals surface area contributed by atoms with E-state index in [0.29, 0.717) is 13.2 Å². The van der Waals surface area contributed by atoms with Gasteiger partial charge in [-0.15, -0.1) is 11.3 Å². The van der Waals surface area contributed by atoms with Crippen LogP contribution in [0, 0.1) is 0 Å². The molecule has 3 heterocycles. The Morgan fingerprint density at radius 1 is 1.50 bits per heavy atom. The Balaban J connectivity index is 1.63. The van der Waals surface area contributed by atoms with E-state index in [1.54, 1.807) is 17.5 Å². The standard InChI is InChI=1S/C15H16N2O2S/c18-15(13-3-1-7-19-13)17-10-11-5-6-16-12(9-11)14-4-2-8-20-14/h2,4-6,8-9,13H,1,3,7,10H2,(H,17,18)/t13-/m1/s1. The topological polar surface area (TPSA) is 51.2 Å². The summed E-state index contributed by atoms with van der Waals surface area (Å²) in [6, 6.07) is 7.99. The van der Waals surface area contributed by atoms with Crippen LogP contribution in [0.25, 0.3) is 10.6 Å². The molecule has 1 aliphatic heterocycles. The average molecular weight is 288 g/mol. The van der Waals surface area contributed by atoms with Gasteiger partial charge in [-0.2, -0.15) is 0 Å². The molecule has 0 radical (unpaired) electrons. The van der Waals surface area contributed by atoms with E-state index in [1.165, 1.54) is 0 Å². The van der Waals surface area contributed by atoms with E-state index in [0.717, 1.165) is 29.0 Å². The fourth-order valence-electron chi connectivity index (χ4n) is 2.23. The Morgan fingerprint density at radius 3 is 3.20 bits per heavy atom. The van der Waals surface area contributed by atoms with E-state index in [4.69, 9.17) is 4.74 Å². The largest absolute Gasteiger partial charge is 0.368 e. The van der Waals surface area contributed by atoms with Gasteiger partial charge in [-0.1, -0.05) is 6.07 Å². The second-order valence-corrected chi connectivity index (χ2v) is 5.69. The fraction of sp³-hybridized carbons (Fsp3) is 0.333. The first-order valence-electron chi connectivity index (χ1n) is 6.71. The van der Waals surface area contributed by atoms with Gasteiger partial charge in [-0.3, -0.25) is 9.78 Å². The number of amides is 1. The van der Waals surface area contributed by atoms with E-state index in [2.05, 4.69) is 10.3 Å². The Labute approximate surface area is 121 Å². The summed E-state index contributed by atoms with van der Waals surface area (Å²) in [6.45, 7) is 1.20. The summed E-state index contributed by atoms with van der Waals surface area (Å²) in [5.74, 6) is -0.0167. The third-order valence-corrected chi connectivity index (χ3v) is 4.18. The molecule has 4 nitrogen and oxygen atoms in total. The highest BCUT2D eigenvalue weighted by molar-refractivity contribution is 7.13. The van der Waals surface area contributed by atoms with Crippen molar-refractivity contribution in [1.29, 1.82) is 0 Å². The lowest BCUT2D eigenvalue weighted by Crippen LogP contribution is -2.33. The summed E-state index contributed by atoms with van der Waals surface area (Å²) in [5, 5.41) is 4.96. The van der Waals surface area contributed by atoms with Crippen molar-refractivity contribution in [2.75, 3.05) is 6.61 Å². The lowest BCUT2D eigenvalue weighted by molar-refractivity contribution is -0.130. The molecule has 5 heteroatoms. The first kappa shape index (κ1) is 13.3. The Bertz CT molecular complexity index is 577. The van der Waals surface area contributed by atoms with Crippen LogP contribution in [0.2, 0.25) is 0 Å². The number of nitrogens with one attached hydrogen (secondary N) is 1. The van der Waals surface area contributed by atoms with Gasteiger partial charge in [0.2, 0.25) is 5.91 Å². The molecule has 0 saturated carbocycles. The SMILES string of the molecule is O=C(NCc1ccnc(-c2cccs2)c1)[C@H]1CCCO1. The van der Waals surface area contributed by atoms with Crippen molar-refractivity contribution < 1.29 is 9.53 Å². The fourth-order valence-corrected chi connectivity index (χ4v) is 2.92. The van der Waals surface area contributed by atoms with Gasteiger partial charge in [-0.05, 0) is 42.0 Å². The zero-order valence-electron chi connectivity index (χ0n) is 11.0. The van der Waals surface area contributed by atoms with Crippen molar-refractivity contribution in [2.45, 2.75) is 25.5 Å². The average Bonchev–Trinajstić information content (AvgIpc) is 3.17. The van der Waals surface area contributed by atoms with Gasteiger partial charge >= 0.3 is 0 Å². The smallest absolute Gasteiger partial charge is 0.249 e. The third kappa shape index (κ3) is 3.05. The lowest BCUT2D eigenvalue weighted by atomic mass is 10.2. The second kappa shape index (κ2) is 6.15. The van der Waals surface area contributed by atoms with Crippen LogP contribution in [0.3, 0.4) is 0 Å². The van der Waals surface area contributed by atoms with E-state index in [-0.39, 0.29) is 12.0 Å². The number of thiophene rings is 1. The first-order chi connectivity index (χ1) is 9.83. The number of carbonyl (C=O) groups excluding carboxylic acids is 1. The molecule has 1 saturated heterocycles. The monoisotopic (exact) mass is 288 g/mol. The van der Waals surface area contributed by atoms with Gasteiger partial charge in [0.15, 0.2) is 0 Å². The molecule has 0 aromatic carbocycles. The van der Waals surface area contributed by atoms with Crippen molar-refractivity contribution in [3.63, 3.8) is 0 Å². The van der Waals surface area contributed by atoms with Crippen LogP contribution in [0.4, 0.5) is 0 Å². The summed E-state index contributed by atoms with van der Waals surface area (Å²) in [6.07, 6.45) is 3.30. The van der Waals surface area contributed by atoms with Gasteiger partial charge in [-0.25, -0.2) is 0 Å². The molecular formula is C15H16N2O2S. The molecule has 0 unspecified atom stereocenters. The molecule has 104 valence electrons. The summed E-state index contributed by atoms with van der Waals surface area (Å²) in [7, 11) is 0. The molecule has 1 fully saturated rings. The summed E-state index contributed by atoms with van der Waals surface area (Å²) < 4.78 is 5.36. The number of carbonyl (C=O) groups is 1. The maximum atomic E-state index is 11.9. The lowest BCUT2D eigenvalue weighted by Gasteiger charge is -2.10. The maximum Gasteiger partial charge on any atom is 0.249 e. The summed E-state index contributed by atoms with van der Waals surface area (Å²) in [5.41, 5.74) is 2.00. The van der Waals surface area contributed by atoms with Crippen LogP contribution in [0.1, 0.15) is 18.4 Å². The number of nitrogens with zero attached hydrogens (tertiary/aromatic N) is 1. The summed E-state index contributed by atoms with van der Waals surface area (Å²) in [4.78, 5) is 17.4. The molecule has 3 rings (SSSR count). The van der Waals surface area contributed by atoms with Gasteiger partial charge in [0.05, 0.1) is 10.6 Å². The molecule has 20 heavy (non-hydrogen) atoms. The molecule has 0 bridgehead atoms. The van der Waals surface area contributed by atoms with E-state index in [1.807, 2.05) is 29.6 Å². The maximum absolute atomic E-state index is 11.9. The Kier molecular flexibility index (Phi) is 4.08. The molecule has 1 N–H and O–H groups in total. The zero-order valence-corrected chi connectivity index (χ0v) is 11.9. The van der Waals surface area contributed by atoms with Crippen LogP contribution in [0.15, 0.2) is 35.8 Å². The summed E-state index contributed by atoms with van der Waals surface area (Å²) >= 11 is 1.66. The molecule has 0 spiro atoms. The van der Waals surface area contributed by atoms with Crippen LogP contribution in [0.5, 0.6) is 0 Å². The van der Waals surface area contributed by atoms with E-state index in [9.17, 15) is 4.79 Å². The van der Waals surface area contributed by atoms with Crippen molar-refractivity contribution >= 4 is 17.2 Å². The Hall–Kier alpha value is -1.72. The van der Waals surface area contributed by atoms with Gasteiger partial charge in [0.25, 0.3) is 0 Å². The first-order valence-corrected chi connectivity index (χ1v) is 7.59. The highest BCUT2D eigenvalue weighted by atomic mass is 32.1. The molecular weight excluding hydrogens is 272 g/mol. The minimum atomic E-state index is -0.270. The zero-order chi connectivity index (χ0) is 13.8. The molecule has 1 atom stereocenters. The molecule has 0 aliphatic carbocycles. The van der Waals surface area contributed by atoms with E-state index >= 15 is 0 Å². The highest BCUT2D eigenvalue weighted by Crippen LogP contribution is 2.23. The normalized spacial score (nSPS) is 18.1. The second-order valence-electron chi connectivity index (χ2n) is 4.75. The van der Waals surface area contributed by atoms with Crippen molar-refractivity contribution in [2.24, 2.45) is 0 Å². The molecule has 2 aromatic heterocycles. The number of hydrogen-bond acceptors (Lipinski definition) is 4. The van der Waals surface area contributed by atoms with Gasteiger partial charge < -0.3 is 10.1 Å². The molecule has 1 aliphatic rings. The number of rotatable bonds is 4. The van der Waals surface area contributed by atoms with Gasteiger partial charge in [0, 0.05) is 19.3 Å². The van der Waals surface area contributed by atoms with Crippen LogP contribution in [-0.2, 0) is 16.1 Å². The minimum absolute atomic E-state index is 0.0167. The van der Waals surface area contributed by atoms with Crippen molar-refractivity contribution in [1.82, 2.24) is 10.3 Å².